The minimum Gasteiger partial charge on any atom is -0.484 e. The van der Waals surface area contributed by atoms with Crippen molar-refractivity contribution in [2.45, 2.75) is 19.9 Å². The van der Waals surface area contributed by atoms with Crippen LogP contribution >= 0.6 is 11.6 Å². The first kappa shape index (κ1) is 19.0. The van der Waals surface area contributed by atoms with Gasteiger partial charge in [-0.2, -0.15) is 0 Å². The lowest BCUT2D eigenvalue weighted by Crippen LogP contribution is -2.33. The summed E-state index contributed by atoms with van der Waals surface area (Å²) in [7, 11) is 0. The predicted octanol–water partition coefficient (Wildman–Crippen LogP) is 5.24. The van der Waals surface area contributed by atoms with Crippen molar-refractivity contribution in [3.05, 3.63) is 100 Å². The van der Waals surface area contributed by atoms with E-state index in [1.54, 1.807) is 24.3 Å². The van der Waals surface area contributed by atoms with E-state index >= 15 is 0 Å². The van der Waals surface area contributed by atoms with Crippen molar-refractivity contribution in [1.82, 2.24) is 5.32 Å². The smallest absolute Gasteiger partial charge is 0.258 e. The van der Waals surface area contributed by atoms with E-state index in [0.717, 1.165) is 22.3 Å². The fraction of sp³-hybridized carbons (Fsp3) is 0.174. The van der Waals surface area contributed by atoms with E-state index in [9.17, 15) is 4.79 Å². The van der Waals surface area contributed by atoms with Crippen LogP contribution in [0.1, 0.15) is 28.3 Å². The van der Waals surface area contributed by atoms with E-state index in [0.29, 0.717) is 10.8 Å². The Balaban J connectivity index is 1.78. The van der Waals surface area contributed by atoms with Crippen LogP contribution in [0.2, 0.25) is 5.02 Å². The van der Waals surface area contributed by atoms with Gasteiger partial charge < -0.3 is 10.1 Å². The number of nitrogens with one attached hydrogen (secondary N) is 1. The molecule has 3 aromatic carbocycles. The highest BCUT2D eigenvalue weighted by Crippen LogP contribution is 2.26. The maximum Gasteiger partial charge on any atom is 0.258 e. The zero-order valence-corrected chi connectivity index (χ0v) is 16.2. The summed E-state index contributed by atoms with van der Waals surface area (Å²) in [6, 6.07) is 23.0. The van der Waals surface area contributed by atoms with E-state index in [1.165, 1.54) is 0 Å². The number of hydrogen-bond acceptors (Lipinski definition) is 2. The summed E-state index contributed by atoms with van der Waals surface area (Å²) in [5, 5.41) is 3.74. The summed E-state index contributed by atoms with van der Waals surface area (Å²) in [5.41, 5.74) is 4.41. The number of amides is 1. The average molecular weight is 380 g/mol. The van der Waals surface area contributed by atoms with Gasteiger partial charge in [-0.25, -0.2) is 0 Å². The van der Waals surface area contributed by atoms with Crippen LogP contribution in [0.5, 0.6) is 5.75 Å². The van der Waals surface area contributed by atoms with Crippen molar-refractivity contribution < 1.29 is 9.53 Å². The molecule has 1 N–H and O–H groups in total. The Kier molecular flexibility index (Phi) is 6.15. The largest absolute Gasteiger partial charge is 0.484 e. The Hall–Kier alpha value is -2.78. The Bertz CT molecular complexity index is 907. The third-order valence-corrected chi connectivity index (χ3v) is 4.62. The number of aryl methyl sites for hydroxylation is 2. The third-order valence-electron chi connectivity index (χ3n) is 4.37. The van der Waals surface area contributed by atoms with Gasteiger partial charge in [0.1, 0.15) is 5.75 Å². The fourth-order valence-electron chi connectivity index (χ4n) is 2.94. The fourth-order valence-corrected chi connectivity index (χ4v) is 3.07. The van der Waals surface area contributed by atoms with Crippen LogP contribution in [0.15, 0.2) is 72.8 Å². The molecule has 0 aliphatic carbocycles. The Labute approximate surface area is 164 Å². The summed E-state index contributed by atoms with van der Waals surface area (Å²) in [4.78, 5) is 12.6. The third kappa shape index (κ3) is 5.11. The minimum atomic E-state index is -0.229. The molecule has 0 spiro atoms. The van der Waals surface area contributed by atoms with Gasteiger partial charge in [0.2, 0.25) is 0 Å². The summed E-state index contributed by atoms with van der Waals surface area (Å²) < 4.78 is 5.58. The van der Waals surface area contributed by atoms with Crippen molar-refractivity contribution in [3.8, 4) is 5.75 Å². The standard InChI is InChI=1S/C23H22ClNO2/c1-16-8-9-17(2)21(14-16)23(18-6-4-3-5-7-18)25-22(26)15-27-20-12-10-19(24)11-13-20/h3-14,23H,15H2,1-2H3,(H,25,26). The predicted molar refractivity (Wildman–Crippen MR) is 109 cm³/mol. The molecule has 0 fully saturated rings. The molecule has 1 atom stereocenters. The molecule has 0 bridgehead atoms. The second-order valence-electron chi connectivity index (χ2n) is 6.51. The first-order chi connectivity index (χ1) is 13.0. The van der Waals surface area contributed by atoms with E-state index < -0.39 is 0 Å². The highest BCUT2D eigenvalue weighted by atomic mass is 35.5. The number of halogens is 1. The highest BCUT2D eigenvalue weighted by Gasteiger charge is 2.19. The summed E-state index contributed by atoms with van der Waals surface area (Å²) in [6.45, 7) is 4.05. The summed E-state index contributed by atoms with van der Waals surface area (Å²) in [6.07, 6.45) is 0. The molecule has 0 saturated heterocycles. The number of carbonyl (C=O) groups is 1. The monoisotopic (exact) mass is 379 g/mol. The second kappa shape index (κ2) is 8.74. The van der Waals surface area contributed by atoms with E-state index in [4.69, 9.17) is 16.3 Å². The van der Waals surface area contributed by atoms with Gasteiger partial charge in [0.05, 0.1) is 6.04 Å². The van der Waals surface area contributed by atoms with E-state index in [2.05, 4.69) is 37.4 Å². The molecule has 4 heteroatoms. The normalized spacial score (nSPS) is 11.7. The van der Waals surface area contributed by atoms with Crippen molar-refractivity contribution in [2.24, 2.45) is 0 Å². The molecule has 0 aromatic heterocycles. The number of carbonyl (C=O) groups excluding carboxylic acids is 1. The lowest BCUT2D eigenvalue weighted by atomic mass is 9.93. The number of rotatable bonds is 6. The van der Waals surface area contributed by atoms with Gasteiger partial charge in [-0.3, -0.25) is 4.79 Å². The van der Waals surface area contributed by atoms with Crippen LogP contribution in [0.25, 0.3) is 0 Å². The van der Waals surface area contributed by atoms with Gasteiger partial charge in [-0.05, 0) is 54.8 Å². The second-order valence-corrected chi connectivity index (χ2v) is 6.95. The number of hydrogen-bond donors (Lipinski definition) is 1. The molecule has 27 heavy (non-hydrogen) atoms. The maximum atomic E-state index is 12.6. The molecule has 3 aromatic rings. The average Bonchev–Trinajstić information content (AvgIpc) is 2.68. The van der Waals surface area contributed by atoms with Crippen LogP contribution in [-0.2, 0) is 4.79 Å². The molecular weight excluding hydrogens is 358 g/mol. The van der Waals surface area contributed by atoms with Crippen LogP contribution in [0.4, 0.5) is 0 Å². The number of benzene rings is 3. The SMILES string of the molecule is Cc1ccc(C)c(C(NC(=O)COc2ccc(Cl)cc2)c2ccccc2)c1. The van der Waals surface area contributed by atoms with Crippen LogP contribution < -0.4 is 10.1 Å². The highest BCUT2D eigenvalue weighted by molar-refractivity contribution is 6.30. The quantitative estimate of drug-likeness (QED) is 0.635. The first-order valence-corrected chi connectivity index (χ1v) is 9.20. The Morgan fingerprint density at radius 3 is 2.41 bits per heavy atom. The molecule has 1 amide bonds. The molecule has 0 saturated carbocycles. The van der Waals surface area contributed by atoms with Gasteiger partial charge in [-0.1, -0.05) is 65.7 Å². The van der Waals surface area contributed by atoms with Gasteiger partial charge in [-0.15, -0.1) is 0 Å². The van der Waals surface area contributed by atoms with Crippen molar-refractivity contribution >= 4 is 17.5 Å². The van der Waals surface area contributed by atoms with Gasteiger partial charge in [0, 0.05) is 5.02 Å². The van der Waals surface area contributed by atoms with Gasteiger partial charge >= 0.3 is 0 Å². The van der Waals surface area contributed by atoms with Crippen molar-refractivity contribution in [1.29, 1.82) is 0 Å². The minimum absolute atomic E-state index is 0.0597. The van der Waals surface area contributed by atoms with E-state index in [-0.39, 0.29) is 18.6 Å². The van der Waals surface area contributed by atoms with Crippen molar-refractivity contribution in [2.75, 3.05) is 6.61 Å². The summed E-state index contributed by atoms with van der Waals surface area (Å²) in [5.74, 6) is 0.428. The molecule has 0 heterocycles. The lowest BCUT2D eigenvalue weighted by molar-refractivity contribution is -0.123. The molecule has 1 unspecified atom stereocenters. The van der Waals surface area contributed by atoms with E-state index in [1.807, 2.05) is 30.3 Å². The van der Waals surface area contributed by atoms with Gasteiger partial charge in [0.15, 0.2) is 6.61 Å². The Morgan fingerprint density at radius 2 is 1.70 bits per heavy atom. The molecule has 3 nitrogen and oxygen atoms in total. The molecule has 138 valence electrons. The van der Waals surface area contributed by atoms with Crippen LogP contribution in [0.3, 0.4) is 0 Å². The molecule has 0 radical (unpaired) electrons. The molecular formula is C23H22ClNO2. The molecule has 0 aliphatic rings. The maximum absolute atomic E-state index is 12.6. The van der Waals surface area contributed by atoms with Gasteiger partial charge in [0.25, 0.3) is 5.91 Å². The number of ether oxygens (including phenoxy) is 1. The van der Waals surface area contributed by atoms with Crippen molar-refractivity contribution in [3.63, 3.8) is 0 Å². The lowest BCUT2D eigenvalue weighted by Gasteiger charge is -2.22. The zero-order chi connectivity index (χ0) is 19.2. The molecule has 0 aliphatic heterocycles. The van der Waals surface area contributed by atoms with Crippen LogP contribution in [0, 0.1) is 13.8 Å². The van der Waals surface area contributed by atoms with Crippen LogP contribution in [-0.4, -0.2) is 12.5 Å². The molecule has 3 rings (SSSR count). The zero-order valence-electron chi connectivity index (χ0n) is 15.4. The first-order valence-electron chi connectivity index (χ1n) is 8.83. The summed E-state index contributed by atoms with van der Waals surface area (Å²) >= 11 is 5.87. The Morgan fingerprint density at radius 1 is 1.00 bits per heavy atom. The topological polar surface area (TPSA) is 38.3 Å².